The van der Waals surface area contributed by atoms with E-state index in [9.17, 15) is 0 Å². The monoisotopic (exact) mass is 521 g/mol. The standard InChI is InChI=1S/C40H27N/c1-3-13-29(14-4-1)41(30-15-5-2-6-16-30)31-25-23-28(24-26-31)38-27-39-34-19-8-7-17-32(34)33-18-9-11-21-36(33)40(39)37-22-12-10-20-35(37)38/h1-27H. The zero-order chi connectivity index (χ0) is 27.2. The summed E-state index contributed by atoms with van der Waals surface area (Å²) in [5.74, 6) is 0. The van der Waals surface area contributed by atoms with E-state index in [1.165, 1.54) is 54.2 Å². The Kier molecular flexibility index (Phi) is 5.53. The SMILES string of the molecule is c1ccc(N(c2ccccc2)c2ccc(-c3cc4c5ccccc5c5ccccc5c4c4ccccc34)cc2)cc1. The average Bonchev–Trinajstić information content (AvgIpc) is 3.06. The molecule has 0 spiro atoms. The molecule has 0 aliphatic carbocycles. The Labute approximate surface area is 239 Å². The fraction of sp³-hybridized carbons (Fsp3) is 0. The first kappa shape index (κ1) is 23.5. The highest BCUT2D eigenvalue weighted by Crippen LogP contribution is 2.43. The Morgan fingerprint density at radius 3 is 1.24 bits per heavy atom. The van der Waals surface area contributed by atoms with Gasteiger partial charge in [-0.15, -0.1) is 0 Å². The van der Waals surface area contributed by atoms with Crippen LogP contribution in [0.15, 0.2) is 164 Å². The van der Waals surface area contributed by atoms with E-state index < -0.39 is 0 Å². The van der Waals surface area contributed by atoms with E-state index in [2.05, 4.69) is 169 Å². The lowest BCUT2D eigenvalue weighted by molar-refractivity contribution is 1.28. The molecule has 0 saturated heterocycles. The highest BCUT2D eigenvalue weighted by atomic mass is 15.1. The molecule has 0 atom stereocenters. The molecule has 41 heavy (non-hydrogen) atoms. The van der Waals surface area contributed by atoms with Gasteiger partial charge in [0.05, 0.1) is 0 Å². The zero-order valence-electron chi connectivity index (χ0n) is 22.5. The molecule has 0 aromatic heterocycles. The maximum Gasteiger partial charge on any atom is 0.0462 e. The summed E-state index contributed by atoms with van der Waals surface area (Å²) in [5.41, 5.74) is 5.88. The van der Waals surface area contributed by atoms with Gasteiger partial charge in [-0.05, 0) is 96.7 Å². The maximum absolute atomic E-state index is 2.41. The normalized spacial score (nSPS) is 11.4. The van der Waals surface area contributed by atoms with E-state index in [1.807, 2.05) is 0 Å². The molecule has 0 heterocycles. The van der Waals surface area contributed by atoms with Gasteiger partial charge < -0.3 is 4.90 Å². The first-order chi connectivity index (χ1) is 20.4. The minimum atomic E-state index is 1.13. The van der Waals surface area contributed by atoms with Gasteiger partial charge in [-0.3, -0.25) is 0 Å². The summed E-state index contributed by atoms with van der Waals surface area (Å²) < 4.78 is 0. The third kappa shape index (κ3) is 3.86. The van der Waals surface area contributed by atoms with Gasteiger partial charge in [-0.25, -0.2) is 0 Å². The number of anilines is 3. The molecular weight excluding hydrogens is 494 g/mol. The van der Waals surface area contributed by atoms with Gasteiger partial charge in [0.15, 0.2) is 0 Å². The van der Waals surface area contributed by atoms with Gasteiger partial charge in [0.25, 0.3) is 0 Å². The van der Waals surface area contributed by atoms with Crippen LogP contribution in [0.25, 0.3) is 54.2 Å². The number of hydrogen-bond donors (Lipinski definition) is 0. The van der Waals surface area contributed by atoms with Crippen molar-refractivity contribution in [1.82, 2.24) is 0 Å². The van der Waals surface area contributed by atoms with Crippen molar-refractivity contribution < 1.29 is 0 Å². The molecule has 8 aromatic carbocycles. The summed E-state index contributed by atoms with van der Waals surface area (Å²) in [6.07, 6.45) is 0. The van der Waals surface area contributed by atoms with Crippen molar-refractivity contribution in [2.24, 2.45) is 0 Å². The third-order valence-corrected chi connectivity index (χ3v) is 8.21. The smallest absolute Gasteiger partial charge is 0.0462 e. The third-order valence-electron chi connectivity index (χ3n) is 8.21. The fourth-order valence-corrected chi connectivity index (χ4v) is 6.40. The molecule has 8 rings (SSSR count). The molecule has 0 saturated carbocycles. The van der Waals surface area contributed by atoms with Crippen LogP contribution in [0.2, 0.25) is 0 Å². The Morgan fingerprint density at radius 2 is 0.683 bits per heavy atom. The summed E-state index contributed by atoms with van der Waals surface area (Å²) in [5, 5.41) is 10.4. The van der Waals surface area contributed by atoms with E-state index in [1.54, 1.807) is 0 Å². The van der Waals surface area contributed by atoms with Crippen LogP contribution in [0.5, 0.6) is 0 Å². The lowest BCUT2D eigenvalue weighted by atomic mass is 9.87. The van der Waals surface area contributed by atoms with Crippen molar-refractivity contribution in [3.63, 3.8) is 0 Å². The lowest BCUT2D eigenvalue weighted by Crippen LogP contribution is -2.09. The van der Waals surface area contributed by atoms with Crippen LogP contribution < -0.4 is 4.90 Å². The van der Waals surface area contributed by atoms with E-state index in [0.717, 1.165) is 17.1 Å². The molecule has 0 radical (unpaired) electrons. The Morgan fingerprint density at radius 1 is 0.293 bits per heavy atom. The van der Waals surface area contributed by atoms with Crippen molar-refractivity contribution in [1.29, 1.82) is 0 Å². The number of benzene rings is 8. The predicted octanol–water partition coefficient (Wildman–Crippen LogP) is 11.4. The molecule has 0 N–H and O–H groups in total. The Bertz CT molecular complexity index is 2140. The van der Waals surface area contributed by atoms with Crippen LogP contribution in [-0.2, 0) is 0 Å². The predicted molar refractivity (Wildman–Crippen MR) is 177 cm³/mol. The number of para-hydroxylation sites is 2. The Hall–Kier alpha value is -5.40. The van der Waals surface area contributed by atoms with Crippen LogP contribution in [0.3, 0.4) is 0 Å². The molecule has 192 valence electrons. The van der Waals surface area contributed by atoms with Crippen LogP contribution in [0.4, 0.5) is 17.1 Å². The average molecular weight is 522 g/mol. The summed E-state index contributed by atoms with van der Waals surface area (Å²) in [7, 11) is 0. The van der Waals surface area contributed by atoms with E-state index in [0.29, 0.717) is 0 Å². The van der Waals surface area contributed by atoms with Crippen molar-refractivity contribution >= 4 is 60.2 Å². The molecule has 0 amide bonds. The van der Waals surface area contributed by atoms with Gasteiger partial charge >= 0.3 is 0 Å². The molecule has 1 nitrogen and oxygen atoms in total. The summed E-state index contributed by atoms with van der Waals surface area (Å²) in [6.45, 7) is 0. The van der Waals surface area contributed by atoms with Crippen LogP contribution in [-0.4, -0.2) is 0 Å². The zero-order valence-corrected chi connectivity index (χ0v) is 22.5. The van der Waals surface area contributed by atoms with Crippen molar-refractivity contribution in [2.45, 2.75) is 0 Å². The topological polar surface area (TPSA) is 3.24 Å². The first-order valence-corrected chi connectivity index (χ1v) is 14.1. The highest BCUT2D eigenvalue weighted by Gasteiger charge is 2.16. The highest BCUT2D eigenvalue weighted by molar-refractivity contribution is 6.33. The van der Waals surface area contributed by atoms with E-state index in [4.69, 9.17) is 0 Å². The minimum Gasteiger partial charge on any atom is -0.311 e. The second-order valence-electron chi connectivity index (χ2n) is 10.5. The number of hydrogen-bond acceptors (Lipinski definition) is 1. The second-order valence-corrected chi connectivity index (χ2v) is 10.5. The lowest BCUT2D eigenvalue weighted by Gasteiger charge is -2.25. The number of rotatable bonds is 4. The maximum atomic E-state index is 2.41. The number of nitrogens with zero attached hydrogens (tertiary/aromatic N) is 1. The van der Waals surface area contributed by atoms with E-state index in [-0.39, 0.29) is 0 Å². The number of fused-ring (bicyclic) bond motifs is 8. The van der Waals surface area contributed by atoms with Crippen LogP contribution in [0.1, 0.15) is 0 Å². The van der Waals surface area contributed by atoms with Crippen molar-refractivity contribution in [3.8, 4) is 11.1 Å². The van der Waals surface area contributed by atoms with Gasteiger partial charge in [0.2, 0.25) is 0 Å². The second kappa shape index (κ2) is 9.66. The van der Waals surface area contributed by atoms with Crippen LogP contribution >= 0.6 is 0 Å². The molecular formula is C40H27N. The fourth-order valence-electron chi connectivity index (χ4n) is 6.40. The largest absolute Gasteiger partial charge is 0.311 e. The molecule has 0 fully saturated rings. The Balaban J connectivity index is 1.36. The van der Waals surface area contributed by atoms with E-state index >= 15 is 0 Å². The molecule has 0 unspecified atom stereocenters. The van der Waals surface area contributed by atoms with Gasteiger partial charge in [-0.1, -0.05) is 121 Å². The minimum absolute atomic E-state index is 1.13. The van der Waals surface area contributed by atoms with Crippen molar-refractivity contribution in [2.75, 3.05) is 4.90 Å². The summed E-state index contributed by atoms with van der Waals surface area (Å²) in [6, 6.07) is 59.1. The summed E-state index contributed by atoms with van der Waals surface area (Å²) in [4.78, 5) is 2.31. The van der Waals surface area contributed by atoms with Gasteiger partial charge in [0, 0.05) is 17.1 Å². The molecule has 8 aromatic rings. The van der Waals surface area contributed by atoms with Gasteiger partial charge in [-0.2, -0.15) is 0 Å². The molecule has 0 bridgehead atoms. The molecule has 1 heteroatoms. The van der Waals surface area contributed by atoms with Gasteiger partial charge in [0.1, 0.15) is 0 Å². The van der Waals surface area contributed by atoms with Crippen LogP contribution in [0, 0.1) is 0 Å². The quantitative estimate of drug-likeness (QED) is 0.208. The molecule has 0 aliphatic rings. The molecule has 0 aliphatic heterocycles. The first-order valence-electron chi connectivity index (χ1n) is 14.1. The summed E-state index contributed by atoms with van der Waals surface area (Å²) >= 11 is 0. The van der Waals surface area contributed by atoms with Crippen molar-refractivity contribution in [3.05, 3.63) is 164 Å².